The maximum Gasteiger partial charge on any atom is 0.253 e. The molecule has 2 aromatic carbocycles. The third-order valence-electron chi connectivity index (χ3n) is 5.32. The second-order valence-corrected chi connectivity index (χ2v) is 7.34. The van der Waals surface area contributed by atoms with E-state index in [2.05, 4.69) is 11.4 Å². The third-order valence-corrected chi connectivity index (χ3v) is 5.32. The zero-order valence-electron chi connectivity index (χ0n) is 15.9. The molecule has 2 heterocycles. The van der Waals surface area contributed by atoms with Gasteiger partial charge in [-0.1, -0.05) is 29.8 Å². The van der Waals surface area contributed by atoms with E-state index in [0.717, 1.165) is 5.56 Å². The van der Waals surface area contributed by atoms with Crippen LogP contribution in [0.15, 0.2) is 42.5 Å². The van der Waals surface area contributed by atoms with Gasteiger partial charge in [-0.15, -0.1) is 0 Å². The van der Waals surface area contributed by atoms with Crippen molar-refractivity contribution in [2.45, 2.75) is 26.3 Å². The Morgan fingerprint density at radius 2 is 1.86 bits per heavy atom. The summed E-state index contributed by atoms with van der Waals surface area (Å²) in [7, 11) is 0. The van der Waals surface area contributed by atoms with E-state index in [0.29, 0.717) is 49.5 Å². The fourth-order valence-electron chi connectivity index (χ4n) is 3.71. The summed E-state index contributed by atoms with van der Waals surface area (Å²) in [5.74, 6) is 1.26. The summed E-state index contributed by atoms with van der Waals surface area (Å²) in [6.07, 6.45) is 1.35. The van der Waals surface area contributed by atoms with E-state index in [9.17, 15) is 9.59 Å². The van der Waals surface area contributed by atoms with Gasteiger partial charge >= 0.3 is 0 Å². The number of rotatable bonds is 4. The number of fused-ring (bicyclic) bond motifs is 1. The highest BCUT2D eigenvalue weighted by atomic mass is 16.7. The van der Waals surface area contributed by atoms with Crippen LogP contribution in [0.5, 0.6) is 11.5 Å². The summed E-state index contributed by atoms with van der Waals surface area (Å²) in [5.41, 5.74) is 2.87. The van der Waals surface area contributed by atoms with Crippen LogP contribution in [0.3, 0.4) is 0 Å². The van der Waals surface area contributed by atoms with Crippen LogP contribution < -0.4 is 14.8 Å². The third kappa shape index (κ3) is 3.96. The van der Waals surface area contributed by atoms with Gasteiger partial charge in [0.2, 0.25) is 12.7 Å². The van der Waals surface area contributed by atoms with Crippen molar-refractivity contribution in [3.05, 3.63) is 59.2 Å². The molecule has 0 atom stereocenters. The van der Waals surface area contributed by atoms with Gasteiger partial charge in [-0.05, 0) is 43.5 Å². The van der Waals surface area contributed by atoms with E-state index >= 15 is 0 Å². The first kappa shape index (κ1) is 18.3. The summed E-state index contributed by atoms with van der Waals surface area (Å²) < 4.78 is 10.6. The molecule has 1 fully saturated rings. The van der Waals surface area contributed by atoms with Crippen molar-refractivity contribution in [3.63, 3.8) is 0 Å². The standard InChI is InChI=1S/C22H24N2O4/c1-15-3-2-4-16(11-15)13-23-21(25)17-7-9-24(10-8-17)22(26)18-5-6-19-20(12-18)28-14-27-19/h2-6,11-12,17H,7-10,13-14H2,1H3,(H,23,25). The van der Waals surface area contributed by atoms with Gasteiger partial charge in [0, 0.05) is 31.1 Å². The number of likely N-dealkylation sites (tertiary alicyclic amines) is 1. The molecule has 2 aliphatic heterocycles. The Labute approximate surface area is 164 Å². The lowest BCUT2D eigenvalue weighted by Gasteiger charge is -2.31. The van der Waals surface area contributed by atoms with Crippen molar-refractivity contribution in [3.8, 4) is 11.5 Å². The number of hydrogen-bond acceptors (Lipinski definition) is 4. The van der Waals surface area contributed by atoms with Crippen LogP contribution in [-0.2, 0) is 11.3 Å². The smallest absolute Gasteiger partial charge is 0.253 e. The summed E-state index contributed by atoms with van der Waals surface area (Å²) in [4.78, 5) is 27.0. The van der Waals surface area contributed by atoms with Gasteiger partial charge in [0.05, 0.1) is 0 Å². The second kappa shape index (κ2) is 7.92. The van der Waals surface area contributed by atoms with Crippen LogP contribution in [0.4, 0.5) is 0 Å². The minimum absolute atomic E-state index is 0.0306. The lowest BCUT2D eigenvalue weighted by molar-refractivity contribution is -0.126. The van der Waals surface area contributed by atoms with Crippen LogP contribution in [-0.4, -0.2) is 36.6 Å². The van der Waals surface area contributed by atoms with Crippen LogP contribution in [0.25, 0.3) is 0 Å². The molecule has 0 aromatic heterocycles. The molecule has 28 heavy (non-hydrogen) atoms. The number of nitrogens with one attached hydrogen (secondary N) is 1. The first-order valence-corrected chi connectivity index (χ1v) is 9.62. The number of benzene rings is 2. The lowest BCUT2D eigenvalue weighted by Crippen LogP contribution is -2.42. The molecule has 0 spiro atoms. The van der Waals surface area contributed by atoms with E-state index in [1.807, 2.05) is 30.0 Å². The Kier molecular flexibility index (Phi) is 5.19. The number of nitrogens with zero attached hydrogens (tertiary/aromatic N) is 1. The van der Waals surface area contributed by atoms with Gasteiger partial charge in [0.1, 0.15) is 0 Å². The summed E-state index contributed by atoms with van der Waals surface area (Å²) in [5, 5.41) is 3.03. The molecule has 6 heteroatoms. The van der Waals surface area contributed by atoms with Crippen molar-refractivity contribution in [1.82, 2.24) is 10.2 Å². The Balaban J connectivity index is 1.29. The van der Waals surface area contributed by atoms with Crippen molar-refractivity contribution in [2.75, 3.05) is 19.9 Å². The molecule has 6 nitrogen and oxygen atoms in total. The highest BCUT2D eigenvalue weighted by Gasteiger charge is 2.28. The maximum absolute atomic E-state index is 12.7. The average Bonchev–Trinajstić information content (AvgIpc) is 3.19. The normalized spacial score (nSPS) is 16.1. The Hall–Kier alpha value is -3.02. The molecule has 0 aliphatic carbocycles. The van der Waals surface area contributed by atoms with Crippen molar-refractivity contribution in [2.24, 2.45) is 5.92 Å². The molecule has 0 bridgehead atoms. The molecule has 0 unspecified atom stereocenters. The molecule has 0 radical (unpaired) electrons. The van der Waals surface area contributed by atoms with Crippen LogP contribution in [0, 0.1) is 12.8 Å². The molecular formula is C22H24N2O4. The summed E-state index contributed by atoms with van der Waals surface area (Å²) in [6.45, 7) is 3.93. The fraction of sp³-hybridized carbons (Fsp3) is 0.364. The van der Waals surface area contributed by atoms with E-state index in [1.54, 1.807) is 18.2 Å². The van der Waals surface area contributed by atoms with Crippen molar-refractivity contribution >= 4 is 11.8 Å². The Morgan fingerprint density at radius 1 is 1.07 bits per heavy atom. The van der Waals surface area contributed by atoms with Gasteiger partial charge in [-0.2, -0.15) is 0 Å². The molecule has 1 N–H and O–H groups in total. The second-order valence-electron chi connectivity index (χ2n) is 7.34. The predicted molar refractivity (Wildman–Crippen MR) is 104 cm³/mol. The van der Waals surface area contributed by atoms with Crippen molar-refractivity contribution in [1.29, 1.82) is 0 Å². The topological polar surface area (TPSA) is 67.9 Å². The van der Waals surface area contributed by atoms with Crippen molar-refractivity contribution < 1.29 is 19.1 Å². The monoisotopic (exact) mass is 380 g/mol. The number of carbonyl (C=O) groups is 2. The molecule has 0 saturated carbocycles. The molecule has 2 aliphatic rings. The Morgan fingerprint density at radius 3 is 2.64 bits per heavy atom. The highest BCUT2D eigenvalue weighted by molar-refractivity contribution is 5.95. The van der Waals surface area contributed by atoms with Crippen LogP contribution in [0.1, 0.15) is 34.3 Å². The molecule has 2 aromatic rings. The van der Waals surface area contributed by atoms with Crippen LogP contribution in [0.2, 0.25) is 0 Å². The van der Waals surface area contributed by atoms with E-state index in [4.69, 9.17) is 9.47 Å². The predicted octanol–water partition coefficient (Wildman–Crippen LogP) is 2.89. The number of aryl methyl sites for hydroxylation is 1. The quantitative estimate of drug-likeness (QED) is 0.886. The molecule has 1 saturated heterocycles. The molecular weight excluding hydrogens is 356 g/mol. The highest BCUT2D eigenvalue weighted by Crippen LogP contribution is 2.33. The molecule has 2 amide bonds. The minimum Gasteiger partial charge on any atom is -0.454 e. The molecule has 4 rings (SSSR count). The van der Waals surface area contributed by atoms with E-state index < -0.39 is 0 Å². The first-order valence-electron chi connectivity index (χ1n) is 9.62. The zero-order chi connectivity index (χ0) is 19.5. The van der Waals surface area contributed by atoms with E-state index in [-0.39, 0.29) is 24.5 Å². The minimum atomic E-state index is -0.0504. The van der Waals surface area contributed by atoms with Gasteiger partial charge in [0.15, 0.2) is 11.5 Å². The Bertz CT molecular complexity index is 888. The van der Waals surface area contributed by atoms with Gasteiger partial charge < -0.3 is 19.7 Å². The lowest BCUT2D eigenvalue weighted by atomic mass is 9.95. The number of piperidine rings is 1. The molecule has 146 valence electrons. The largest absolute Gasteiger partial charge is 0.454 e. The van der Waals surface area contributed by atoms with Gasteiger partial charge in [0.25, 0.3) is 5.91 Å². The summed E-state index contributed by atoms with van der Waals surface area (Å²) in [6, 6.07) is 13.4. The number of ether oxygens (including phenoxy) is 2. The average molecular weight is 380 g/mol. The van der Waals surface area contributed by atoms with Gasteiger partial charge in [-0.25, -0.2) is 0 Å². The zero-order valence-corrected chi connectivity index (χ0v) is 15.9. The SMILES string of the molecule is Cc1cccc(CNC(=O)C2CCN(C(=O)c3ccc4c(c3)OCO4)CC2)c1. The number of amides is 2. The van der Waals surface area contributed by atoms with E-state index in [1.165, 1.54) is 5.56 Å². The summed E-state index contributed by atoms with van der Waals surface area (Å²) >= 11 is 0. The first-order chi connectivity index (χ1) is 13.6. The van der Waals surface area contributed by atoms with Crippen LogP contribution >= 0.6 is 0 Å². The maximum atomic E-state index is 12.7. The number of carbonyl (C=O) groups excluding carboxylic acids is 2. The fourth-order valence-corrected chi connectivity index (χ4v) is 3.71. The van der Waals surface area contributed by atoms with Gasteiger partial charge in [-0.3, -0.25) is 9.59 Å². The number of hydrogen-bond donors (Lipinski definition) is 1.